The van der Waals surface area contributed by atoms with Crippen LogP contribution in [0.25, 0.3) is 10.9 Å². The molecule has 0 unspecified atom stereocenters. The molecule has 1 N–H and O–H groups in total. The molecule has 0 aliphatic carbocycles. The van der Waals surface area contributed by atoms with Crippen LogP contribution in [0.4, 0.5) is 4.39 Å². The van der Waals surface area contributed by atoms with E-state index in [1.807, 2.05) is 6.07 Å². The van der Waals surface area contributed by atoms with Crippen molar-refractivity contribution in [3.8, 4) is 0 Å². The summed E-state index contributed by atoms with van der Waals surface area (Å²) in [4.78, 5) is 0. The first kappa shape index (κ1) is 8.92. The van der Waals surface area contributed by atoms with Gasteiger partial charge in [0.1, 0.15) is 5.82 Å². The maximum Gasteiger partial charge on any atom is 0.123 e. The van der Waals surface area contributed by atoms with Crippen molar-refractivity contribution in [2.75, 3.05) is 6.54 Å². The Labute approximate surface area is 87.7 Å². The van der Waals surface area contributed by atoms with Gasteiger partial charge in [0.15, 0.2) is 0 Å². The van der Waals surface area contributed by atoms with Crippen LogP contribution in [0.5, 0.6) is 0 Å². The number of fused-ring (bicyclic) bond motifs is 3. The van der Waals surface area contributed by atoms with Crippen molar-refractivity contribution >= 4 is 10.9 Å². The zero-order valence-corrected chi connectivity index (χ0v) is 8.68. The van der Waals surface area contributed by atoms with Crippen molar-refractivity contribution in [3.63, 3.8) is 0 Å². The van der Waals surface area contributed by atoms with Gasteiger partial charge in [-0.3, -0.25) is 0 Å². The second kappa shape index (κ2) is 3.07. The number of benzene rings is 1. The minimum absolute atomic E-state index is 0.151. The van der Waals surface area contributed by atoms with Crippen LogP contribution in [0, 0.1) is 12.7 Å². The number of aryl methyl sites for hydroxylation is 1. The van der Waals surface area contributed by atoms with E-state index in [0.29, 0.717) is 0 Å². The molecule has 0 amide bonds. The van der Waals surface area contributed by atoms with E-state index in [2.05, 4.69) is 16.8 Å². The molecule has 0 fully saturated rings. The Bertz CT molecular complexity index is 528. The van der Waals surface area contributed by atoms with Crippen molar-refractivity contribution in [1.29, 1.82) is 0 Å². The van der Waals surface area contributed by atoms with Gasteiger partial charge in [0.05, 0.1) is 0 Å². The Balaban J connectivity index is 2.38. The van der Waals surface area contributed by atoms with Gasteiger partial charge in [-0.2, -0.15) is 0 Å². The normalized spacial score (nSPS) is 15.6. The predicted molar refractivity (Wildman–Crippen MR) is 58.3 cm³/mol. The molecule has 2 heterocycles. The summed E-state index contributed by atoms with van der Waals surface area (Å²) >= 11 is 0. The molecule has 1 aromatic carbocycles. The van der Waals surface area contributed by atoms with Gasteiger partial charge in [0.2, 0.25) is 0 Å². The highest BCUT2D eigenvalue weighted by molar-refractivity contribution is 5.85. The number of hydrogen-bond acceptors (Lipinski definition) is 1. The fraction of sp³-hybridized carbons (Fsp3) is 0.333. The standard InChI is InChI=1S/C12H13FN2/c1-8-10-6-9(13)2-3-11(10)15-5-4-14-7-12(8)15/h2-3,6,14H,4-5,7H2,1H3. The Morgan fingerprint density at radius 1 is 1.40 bits per heavy atom. The van der Waals surface area contributed by atoms with Gasteiger partial charge in [-0.1, -0.05) is 0 Å². The maximum absolute atomic E-state index is 13.2. The fourth-order valence-electron chi connectivity index (χ4n) is 2.43. The summed E-state index contributed by atoms with van der Waals surface area (Å²) < 4.78 is 15.4. The lowest BCUT2D eigenvalue weighted by Gasteiger charge is -2.17. The van der Waals surface area contributed by atoms with Crippen molar-refractivity contribution in [1.82, 2.24) is 9.88 Å². The molecule has 1 aliphatic heterocycles. The quantitative estimate of drug-likeness (QED) is 0.696. The molecule has 2 aromatic rings. The van der Waals surface area contributed by atoms with Gasteiger partial charge in [-0.15, -0.1) is 0 Å². The highest BCUT2D eigenvalue weighted by atomic mass is 19.1. The molecule has 0 saturated carbocycles. The lowest BCUT2D eigenvalue weighted by molar-refractivity contribution is 0.524. The molecule has 3 rings (SSSR count). The smallest absolute Gasteiger partial charge is 0.123 e. The summed E-state index contributed by atoms with van der Waals surface area (Å²) in [6.07, 6.45) is 0. The van der Waals surface area contributed by atoms with Gasteiger partial charge in [0, 0.05) is 36.2 Å². The fourth-order valence-corrected chi connectivity index (χ4v) is 2.43. The largest absolute Gasteiger partial charge is 0.342 e. The molecule has 3 heteroatoms. The average Bonchev–Trinajstić information content (AvgIpc) is 2.54. The molecule has 15 heavy (non-hydrogen) atoms. The van der Waals surface area contributed by atoms with Crippen LogP contribution in [0.1, 0.15) is 11.3 Å². The topological polar surface area (TPSA) is 17.0 Å². The molecule has 0 bridgehead atoms. The molecule has 78 valence electrons. The first-order valence-electron chi connectivity index (χ1n) is 5.25. The molecule has 0 radical (unpaired) electrons. The van der Waals surface area contributed by atoms with Crippen molar-refractivity contribution < 1.29 is 4.39 Å². The van der Waals surface area contributed by atoms with Crippen LogP contribution < -0.4 is 5.32 Å². The van der Waals surface area contributed by atoms with Crippen molar-refractivity contribution in [2.45, 2.75) is 20.0 Å². The summed E-state index contributed by atoms with van der Waals surface area (Å²) in [6, 6.07) is 5.06. The van der Waals surface area contributed by atoms with Gasteiger partial charge >= 0.3 is 0 Å². The summed E-state index contributed by atoms with van der Waals surface area (Å²) in [7, 11) is 0. The number of nitrogens with zero attached hydrogens (tertiary/aromatic N) is 1. The number of aromatic nitrogens is 1. The SMILES string of the molecule is Cc1c2n(c3ccc(F)cc13)CCNC2. The molecule has 2 nitrogen and oxygen atoms in total. The first-order valence-corrected chi connectivity index (χ1v) is 5.25. The number of nitrogens with one attached hydrogen (secondary N) is 1. The van der Waals surface area contributed by atoms with E-state index >= 15 is 0 Å². The zero-order chi connectivity index (χ0) is 10.4. The number of rotatable bonds is 0. The Hall–Kier alpha value is -1.35. The van der Waals surface area contributed by atoms with E-state index in [9.17, 15) is 4.39 Å². The predicted octanol–water partition coefficient (Wildman–Crippen LogP) is 2.19. The van der Waals surface area contributed by atoms with E-state index in [1.165, 1.54) is 17.3 Å². The van der Waals surface area contributed by atoms with Crippen molar-refractivity contribution in [3.05, 3.63) is 35.3 Å². The number of halogens is 1. The highest BCUT2D eigenvalue weighted by Gasteiger charge is 2.16. The monoisotopic (exact) mass is 204 g/mol. The van der Waals surface area contributed by atoms with Crippen LogP contribution >= 0.6 is 0 Å². The zero-order valence-electron chi connectivity index (χ0n) is 8.68. The summed E-state index contributed by atoms with van der Waals surface area (Å²) in [5.74, 6) is -0.151. The molecular weight excluding hydrogens is 191 g/mol. The van der Waals surface area contributed by atoms with Crippen LogP contribution in [-0.2, 0) is 13.1 Å². The van der Waals surface area contributed by atoms with Crippen molar-refractivity contribution in [2.24, 2.45) is 0 Å². The van der Waals surface area contributed by atoms with Gasteiger partial charge in [-0.05, 0) is 30.7 Å². The minimum atomic E-state index is -0.151. The lowest BCUT2D eigenvalue weighted by atomic mass is 10.1. The van der Waals surface area contributed by atoms with E-state index in [-0.39, 0.29) is 5.82 Å². The molecule has 1 aliphatic rings. The Morgan fingerprint density at radius 2 is 2.27 bits per heavy atom. The van der Waals surface area contributed by atoms with Crippen LogP contribution in [-0.4, -0.2) is 11.1 Å². The maximum atomic E-state index is 13.2. The van der Waals surface area contributed by atoms with Crippen LogP contribution in [0.2, 0.25) is 0 Å². The van der Waals surface area contributed by atoms with Gasteiger partial charge in [0.25, 0.3) is 0 Å². The van der Waals surface area contributed by atoms with Crippen LogP contribution in [0.15, 0.2) is 18.2 Å². The minimum Gasteiger partial charge on any atom is -0.342 e. The first-order chi connectivity index (χ1) is 7.27. The van der Waals surface area contributed by atoms with E-state index < -0.39 is 0 Å². The second-order valence-corrected chi connectivity index (χ2v) is 4.06. The van der Waals surface area contributed by atoms with E-state index in [4.69, 9.17) is 0 Å². The molecule has 0 atom stereocenters. The van der Waals surface area contributed by atoms with Crippen LogP contribution in [0.3, 0.4) is 0 Å². The lowest BCUT2D eigenvalue weighted by Crippen LogP contribution is -2.27. The highest BCUT2D eigenvalue weighted by Crippen LogP contribution is 2.27. The third-order valence-corrected chi connectivity index (χ3v) is 3.22. The third-order valence-electron chi connectivity index (χ3n) is 3.22. The molecule has 0 spiro atoms. The Morgan fingerprint density at radius 3 is 3.13 bits per heavy atom. The number of hydrogen-bond donors (Lipinski definition) is 1. The summed E-state index contributed by atoms with van der Waals surface area (Å²) in [5.41, 5.74) is 3.66. The third kappa shape index (κ3) is 1.20. The summed E-state index contributed by atoms with van der Waals surface area (Å²) in [6.45, 7) is 4.93. The van der Waals surface area contributed by atoms with Gasteiger partial charge in [-0.25, -0.2) is 4.39 Å². The van der Waals surface area contributed by atoms with E-state index in [1.54, 1.807) is 6.07 Å². The molecule has 0 saturated heterocycles. The molecule has 1 aromatic heterocycles. The average molecular weight is 204 g/mol. The van der Waals surface area contributed by atoms with Gasteiger partial charge < -0.3 is 9.88 Å². The Kier molecular flexibility index (Phi) is 1.83. The molecular formula is C12H13FN2. The summed E-state index contributed by atoms with van der Waals surface area (Å²) in [5, 5.41) is 4.39. The second-order valence-electron chi connectivity index (χ2n) is 4.06. The van der Waals surface area contributed by atoms with E-state index in [0.717, 1.165) is 30.5 Å².